The van der Waals surface area contributed by atoms with Gasteiger partial charge in [0.05, 0.1) is 24.6 Å². The smallest absolute Gasteiger partial charge is 0.272 e. The Hall–Kier alpha value is -3.90. The van der Waals surface area contributed by atoms with Crippen molar-refractivity contribution in [3.05, 3.63) is 71.2 Å². The summed E-state index contributed by atoms with van der Waals surface area (Å²) in [5, 5.41) is 18.7. The number of hydrogen-bond acceptors (Lipinski definition) is 4. The Morgan fingerprint density at radius 1 is 1.31 bits per heavy atom. The summed E-state index contributed by atoms with van der Waals surface area (Å²) in [5.74, 6) is 5.41. The number of rotatable bonds is 5. The molecule has 9 heteroatoms. The lowest BCUT2D eigenvalue weighted by Crippen LogP contribution is -2.31. The van der Waals surface area contributed by atoms with Crippen LogP contribution in [0.1, 0.15) is 72.0 Å². The Bertz CT molecular complexity index is 1490. The number of hydrogen-bond donors (Lipinski definition) is 3. The van der Waals surface area contributed by atoms with Gasteiger partial charge in [0.25, 0.3) is 5.91 Å². The molecule has 0 radical (unpaired) electrons. The zero-order valence-corrected chi connectivity index (χ0v) is 20.1. The number of para-hydroxylation sites is 1. The number of carbonyl (C=O) groups excluding carboxylic acids is 1. The van der Waals surface area contributed by atoms with E-state index in [0.717, 1.165) is 35.1 Å². The average molecular weight is 487 g/mol. The zero-order valence-electron chi connectivity index (χ0n) is 20.1. The molecule has 1 fully saturated rings. The molecule has 6 rings (SSSR count). The highest BCUT2D eigenvalue weighted by molar-refractivity contribution is 5.93. The molecule has 0 spiro atoms. The maximum absolute atomic E-state index is 14.2. The van der Waals surface area contributed by atoms with Gasteiger partial charge in [0.15, 0.2) is 5.69 Å². The summed E-state index contributed by atoms with van der Waals surface area (Å²) in [7, 11) is 0. The second-order valence-electron chi connectivity index (χ2n) is 10.1. The number of fused-ring (bicyclic) bond motifs is 2. The van der Waals surface area contributed by atoms with Crippen molar-refractivity contribution in [3.63, 3.8) is 0 Å². The summed E-state index contributed by atoms with van der Waals surface area (Å²) < 4.78 is 17.8. The van der Waals surface area contributed by atoms with Gasteiger partial charge in [-0.25, -0.2) is 9.37 Å². The highest BCUT2D eigenvalue weighted by atomic mass is 19.1. The number of imidazole rings is 1. The molecule has 1 aliphatic carbocycles. The van der Waals surface area contributed by atoms with Crippen LogP contribution in [-0.2, 0) is 13.0 Å². The van der Waals surface area contributed by atoms with Crippen LogP contribution in [0.2, 0.25) is 0 Å². The lowest BCUT2D eigenvalue weighted by atomic mass is 10.1. The number of amides is 1. The molecule has 3 aromatic heterocycles. The van der Waals surface area contributed by atoms with Crippen molar-refractivity contribution in [2.75, 3.05) is 0 Å². The first kappa shape index (κ1) is 22.6. The minimum atomic E-state index is -1.16. The summed E-state index contributed by atoms with van der Waals surface area (Å²) >= 11 is 0. The van der Waals surface area contributed by atoms with Crippen molar-refractivity contribution in [1.82, 2.24) is 29.6 Å². The van der Waals surface area contributed by atoms with Crippen molar-refractivity contribution >= 4 is 16.8 Å². The molecular weight excluding hydrogens is 459 g/mol. The predicted octanol–water partition coefficient (Wildman–Crippen LogP) is 3.43. The molecule has 36 heavy (non-hydrogen) atoms. The summed E-state index contributed by atoms with van der Waals surface area (Å²) in [6.45, 7) is 3.49. The Balaban J connectivity index is 1.37. The minimum absolute atomic E-state index is 0.208. The van der Waals surface area contributed by atoms with E-state index in [9.17, 15) is 14.3 Å². The number of aromatic nitrogens is 5. The van der Waals surface area contributed by atoms with E-state index in [1.54, 1.807) is 30.9 Å². The summed E-state index contributed by atoms with van der Waals surface area (Å²) in [4.78, 5) is 21.5. The van der Waals surface area contributed by atoms with Gasteiger partial charge in [0.1, 0.15) is 23.5 Å². The monoisotopic (exact) mass is 486 g/mol. The third-order valence-electron chi connectivity index (χ3n) is 6.56. The van der Waals surface area contributed by atoms with E-state index in [1.165, 1.54) is 0 Å². The fourth-order valence-corrected chi connectivity index (χ4v) is 4.69. The van der Waals surface area contributed by atoms with Crippen LogP contribution < -0.4 is 5.32 Å². The van der Waals surface area contributed by atoms with Crippen LogP contribution in [0.3, 0.4) is 0 Å². The number of aliphatic hydroxyl groups is 1. The molecule has 1 amide bonds. The Kier molecular flexibility index (Phi) is 5.23. The highest BCUT2D eigenvalue weighted by Crippen LogP contribution is 2.36. The van der Waals surface area contributed by atoms with Crippen LogP contribution in [0.15, 0.2) is 42.7 Å². The summed E-state index contributed by atoms with van der Waals surface area (Å²) in [5.41, 5.74) is 2.78. The molecule has 1 aromatic carbocycles. The molecule has 0 saturated heterocycles. The van der Waals surface area contributed by atoms with Gasteiger partial charge in [-0.2, -0.15) is 5.10 Å². The molecule has 8 nitrogen and oxygen atoms in total. The molecule has 3 N–H and O–H groups in total. The fourth-order valence-electron chi connectivity index (χ4n) is 4.69. The predicted molar refractivity (Wildman–Crippen MR) is 132 cm³/mol. The third-order valence-corrected chi connectivity index (χ3v) is 6.56. The maximum Gasteiger partial charge on any atom is 0.272 e. The number of carbonyl (C=O) groups is 1. The van der Waals surface area contributed by atoms with Crippen molar-refractivity contribution in [3.8, 4) is 11.8 Å². The second kappa shape index (κ2) is 8.35. The average Bonchev–Trinajstić information content (AvgIpc) is 3.15. The first-order chi connectivity index (χ1) is 17.2. The van der Waals surface area contributed by atoms with Gasteiger partial charge in [-0.3, -0.25) is 9.48 Å². The van der Waals surface area contributed by atoms with Gasteiger partial charge in [-0.1, -0.05) is 24.1 Å². The molecule has 0 bridgehead atoms. The molecule has 1 aliphatic heterocycles. The van der Waals surface area contributed by atoms with Crippen molar-refractivity contribution in [1.29, 1.82) is 0 Å². The molecule has 2 atom stereocenters. The summed E-state index contributed by atoms with van der Waals surface area (Å²) in [6, 6.07) is 11.1. The second-order valence-corrected chi connectivity index (χ2v) is 10.1. The van der Waals surface area contributed by atoms with E-state index < -0.39 is 17.8 Å². The van der Waals surface area contributed by atoms with E-state index in [1.807, 2.05) is 34.9 Å². The fraction of sp³-hybridized carbons (Fsp3) is 0.370. The zero-order chi connectivity index (χ0) is 25.0. The van der Waals surface area contributed by atoms with E-state index in [4.69, 9.17) is 0 Å². The number of aromatic amines is 1. The maximum atomic E-state index is 14.2. The topological polar surface area (TPSA) is 101 Å². The molecule has 4 heterocycles. The minimum Gasteiger partial charge on any atom is -0.378 e. The van der Waals surface area contributed by atoms with Crippen molar-refractivity contribution in [2.24, 2.45) is 0 Å². The van der Waals surface area contributed by atoms with E-state index in [-0.39, 0.29) is 30.6 Å². The number of H-pyrrole nitrogens is 1. The first-order valence-corrected chi connectivity index (χ1v) is 12.2. The highest BCUT2D eigenvalue weighted by Gasteiger charge is 2.33. The van der Waals surface area contributed by atoms with Gasteiger partial charge in [-0.15, -0.1) is 0 Å². The Labute approximate surface area is 207 Å². The number of nitrogens with zero attached hydrogens (tertiary/aromatic N) is 4. The molecule has 4 aromatic rings. The van der Waals surface area contributed by atoms with Gasteiger partial charge in [0.2, 0.25) is 0 Å². The molecule has 1 unspecified atom stereocenters. The molecule has 2 aliphatic rings. The standard InChI is InChI=1S/C27H27FN6O2/c1-27(2,36)10-9-19-13-22(32-34(19)18-7-8-18)26(35)31-24(21-11-16-5-3-4-6-20(16)30-21)25-23-12-17(28)14-33(23)15-29-25/h3-6,11,13,15,17-18,24,30,36H,7-8,12,14H2,1-2H3,(H,31,35)/t17-,24?/m1/s1. The van der Waals surface area contributed by atoms with Gasteiger partial charge in [-0.05, 0) is 50.1 Å². The van der Waals surface area contributed by atoms with E-state index in [2.05, 4.69) is 32.2 Å². The number of halogens is 1. The SMILES string of the molecule is CC(C)(O)C#Cc1cc(C(=O)NC(c2cc3ccccc3[nH]2)c2ncn3c2C[C@@H](F)C3)nn1C1CC1. The van der Waals surface area contributed by atoms with E-state index >= 15 is 0 Å². The summed E-state index contributed by atoms with van der Waals surface area (Å²) in [6.07, 6.45) is 2.88. The first-order valence-electron chi connectivity index (χ1n) is 12.2. The van der Waals surface area contributed by atoms with Crippen LogP contribution in [0.4, 0.5) is 4.39 Å². The number of nitrogens with one attached hydrogen (secondary N) is 2. The molecule has 1 saturated carbocycles. The van der Waals surface area contributed by atoms with Gasteiger partial charge < -0.3 is 20.0 Å². The van der Waals surface area contributed by atoms with Crippen LogP contribution in [0.25, 0.3) is 10.9 Å². The van der Waals surface area contributed by atoms with Gasteiger partial charge >= 0.3 is 0 Å². The van der Waals surface area contributed by atoms with Crippen molar-refractivity contribution in [2.45, 2.75) is 63.5 Å². The Morgan fingerprint density at radius 2 is 2.11 bits per heavy atom. The Morgan fingerprint density at radius 3 is 2.86 bits per heavy atom. The number of benzene rings is 1. The van der Waals surface area contributed by atoms with Crippen LogP contribution in [-0.4, -0.2) is 47.1 Å². The lowest BCUT2D eigenvalue weighted by Gasteiger charge is -2.17. The lowest BCUT2D eigenvalue weighted by molar-refractivity contribution is 0.0935. The van der Waals surface area contributed by atoms with Crippen LogP contribution >= 0.6 is 0 Å². The van der Waals surface area contributed by atoms with Crippen molar-refractivity contribution < 1.29 is 14.3 Å². The van der Waals surface area contributed by atoms with Crippen LogP contribution in [0.5, 0.6) is 0 Å². The normalized spacial score (nSPS) is 18.1. The van der Waals surface area contributed by atoms with Gasteiger partial charge in [0, 0.05) is 29.4 Å². The quantitative estimate of drug-likeness (QED) is 0.376. The molecular formula is C27H27FN6O2. The largest absolute Gasteiger partial charge is 0.378 e. The third kappa shape index (κ3) is 4.29. The van der Waals surface area contributed by atoms with Crippen LogP contribution in [0, 0.1) is 11.8 Å². The molecule has 184 valence electrons. The van der Waals surface area contributed by atoms with E-state index in [0.29, 0.717) is 11.4 Å². The number of alkyl halides is 1.